The summed E-state index contributed by atoms with van der Waals surface area (Å²) < 4.78 is 41.1. The summed E-state index contributed by atoms with van der Waals surface area (Å²) in [5.41, 5.74) is 0.00399. The van der Waals surface area contributed by atoms with Gasteiger partial charge in [0.25, 0.3) is 11.6 Å². The summed E-state index contributed by atoms with van der Waals surface area (Å²) in [6.45, 7) is 3.91. The van der Waals surface area contributed by atoms with Gasteiger partial charge in [0.05, 0.1) is 16.2 Å². The van der Waals surface area contributed by atoms with Crippen molar-refractivity contribution in [1.82, 2.24) is 0 Å². The number of hydrogen-bond donors (Lipinski definition) is 0. The molecule has 0 saturated heterocycles. The van der Waals surface area contributed by atoms with Crippen LogP contribution in [0.25, 0.3) is 0 Å². The number of carbonyl (C=O) groups excluding carboxylic acids is 1. The topological polar surface area (TPSA) is 79.0 Å². The van der Waals surface area contributed by atoms with E-state index < -0.39 is 33.7 Å². The first-order valence-corrected chi connectivity index (χ1v) is 9.93. The van der Waals surface area contributed by atoms with E-state index in [1.165, 1.54) is 18.2 Å². The van der Waals surface area contributed by atoms with E-state index in [-0.39, 0.29) is 11.4 Å². The standard InChI is InChI=1S/C23H19F3N4O3/c1-22(2)17-6-4-5-7-18(17)28(3)19(22)13-12-16-20(23(24,25)26)27-29(21(16)31)14-8-10-15(11-9-14)30(32)33/h4-13H,1-3H3/b16-12+,19-13-. The van der Waals surface area contributed by atoms with E-state index in [9.17, 15) is 28.1 Å². The van der Waals surface area contributed by atoms with Gasteiger partial charge in [0.15, 0.2) is 5.71 Å². The van der Waals surface area contributed by atoms with Crippen LogP contribution in [0.15, 0.2) is 77.1 Å². The van der Waals surface area contributed by atoms with Gasteiger partial charge in [-0.15, -0.1) is 0 Å². The minimum absolute atomic E-state index is 0.00544. The molecule has 0 atom stereocenters. The predicted octanol–water partition coefficient (Wildman–Crippen LogP) is 5.10. The Morgan fingerprint density at radius 2 is 1.70 bits per heavy atom. The molecule has 1 amide bonds. The molecule has 0 bridgehead atoms. The van der Waals surface area contributed by atoms with Gasteiger partial charge >= 0.3 is 6.18 Å². The van der Waals surface area contributed by atoms with Gasteiger partial charge in [-0.1, -0.05) is 32.0 Å². The zero-order chi connectivity index (χ0) is 24.1. The molecule has 2 heterocycles. The maximum absolute atomic E-state index is 13.7. The fourth-order valence-electron chi connectivity index (χ4n) is 4.13. The van der Waals surface area contributed by atoms with Gasteiger partial charge in [0, 0.05) is 36.0 Å². The fraction of sp³-hybridized carbons (Fsp3) is 0.217. The van der Waals surface area contributed by atoms with Crippen LogP contribution in [-0.2, 0) is 10.2 Å². The molecule has 2 aliphatic heterocycles. The molecule has 2 aromatic rings. The first-order chi connectivity index (χ1) is 15.4. The molecule has 2 aliphatic rings. The lowest BCUT2D eigenvalue weighted by Crippen LogP contribution is -2.26. The van der Waals surface area contributed by atoms with Crippen molar-refractivity contribution in [2.24, 2.45) is 5.10 Å². The van der Waals surface area contributed by atoms with Gasteiger partial charge in [-0.05, 0) is 35.9 Å². The van der Waals surface area contributed by atoms with Gasteiger partial charge in [0.2, 0.25) is 0 Å². The molecule has 0 aliphatic carbocycles. The number of nitrogens with zero attached hydrogens (tertiary/aromatic N) is 4. The Morgan fingerprint density at radius 3 is 2.27 bits per heavy atom. The second kappa shape index (κ2) is 7.58. The molecule has 0 N–H and O–H groups in total. The lowest BCUT2D eigenvalue weighted by Gasteiger charge is -2.23. The van der Waals surface area contributed by atoms with Crippen molar-refractivity contribution < 1.29 is 22.9 Å². The second-order valence-corrected chi connectivity index (χ2v) is 8.17. The lowest BCUT2D eigenvalue weighted by atomic mass is 9.83. The normalized spacial score (nSPS) is 19.9. The van der Waals surface area contributed by atoms with E-state index in [1.54, 1.807) is 0 Å². The van der Waals surface area contributed by atoms with E-state index in [4.69, 9.17) is 0 Å². The molecule has 0 fully saturated rings. The monoisotopic (exact) mass is 456 g/mol. The average Bonchev–Trinajstić information content (AvgIpc) is 3.19. The summed E-state index contributed by atoms with van der Waals surface area (Å²) in [6, 6.07) is 12.2. The Hall–Kier alpha value is -3.95. The number of non-ortho nitro benzene ring substituents is 1. The van der Waals surface area contributed by atoms with Crippen LogP contribution in [0, 0.1) is 10.1 Å². The molecular weight excluding hydrogens is 437 g/mol. The second-order valence-electron chi connectivity index (χ2n) is 8.17. The van der Waals surface area contributed by atoms with Crippen LogP contribution >= 0.6 is 0 Å². The van der Waals surface area contributed by atoms with E-state index in [1.807, 2.05) is 50.1 Å². The zero-order valence-corrected chi connectivity index (χ0v) is 17.9. The van der Waals surface area contributed by atoms with E-state index in [0.29, 0.717) is 5.01 Å². The first-order valence-electron chi connectivity index (χ1n) is 9.93. The summed E-state index contributed by atoms with van der Waals surface area (Å²) in [7, 11) is 1.82. The van der Waals surface area contributed by atoms with Crippen molar-refractivity contribution >= 4 is 28.7 Å². The van der Waals surface area contributed by atoms with Crippen molar-refractivity contribution in [3.8, 4) is 0 Å². The number of benzene rings is 2. The number of anilines is 2. The number of amides is 1. The Kier molecular flexibility index (Phi) is 5.11. The van der Waals surface area contributed by atoms with Crippen LogP contribution in [0.3, 0.4) is 0 Å². The van der Waals surface area contributed by atoms with Gasteiger partial charge in [-0.3, -0.25) is 14.9 Å². The fourth-order valence-corrected chi connectivity index (χ4v) is 4.13. The molecule has 0 spiro atoms. The minimum atomic E-state index is -4.87. The van der Waals surface area contributed by atoms with Crippen molar-refractivity contribution in [3.63, 3.8) is 0 Å². The Balaban J connectivity index is 1.75. The summed E-state index contributed by atoms with van der Waals surface area (Å²) in [5, 5.41) is 14.9. The highest BCUT2D eigenvalue weighted by atomic mass is 19.4. The van der Waals surface area contributed by atoms with Crippen molar-refractivity contribution in [1.29, 1.82) is 0 Å². The van der Waals surface area contributed by atoms with Gasteiger partial charge in [-0.2, -0.15) is 23.3 Å². The summed E-state index contributed by atoms with van der Waals surface area (Å²) in [6.07, 6.45) is -2.22. The minimum Gasteiger partial charge on any atom is -0.347 e. The molecule has 10 heteroatoms. The van der Waals surface area contributed by atoms with Crippen LogP contribution < -0.4 is 9.91 Å². The highest BCUT2D eigenvalue weighted by molar-refractivity contribution is 6.32. The number of alkyl halides is 3. The average molecular weight is 456 g/mol. The number of para-hydroxylation sites is 1. The molecule has 0 aromatic heterocycles. The molecule has 2 aromatic carbocycles. The molecule has 0 saturated carbocycles. The smallest absolute Gasteiger partial charge is 0.347 e. The Morgan fingerprint density at radius 1 is 1.06 bits per heavy atom. The number of nitro groups is 1. The number of fused-ring (bicyclic) bond motifs is 1. The van der Waals surface area contributed by atoms with Gasteiger partial charge in [-0.25, -0.2) is 0 Å². The number of hydrogen-bond acceptors (Lipinski definition) is 5. The van der Waals surface area contributed by atoms with Crippen molar-refractivity contribution in [3.05, 3.63) is 87.6 Å². The quantitative estimate of drug-likeness (QED) is 0.366. The largest absolute Gasteiger partial charge is 0.435 e. The first kappa shape index (κ1) is 22.3. The third-order valence-corrected chi connectivity index (χ3v) is 5.80. The Bertz CT molecular complexity index is 1240. The van der Waals surface area contributed by atoms with Crippen LogP contribution in [0.5, 0.6) is 0 Å². The SMILES string of the molecule is CN1/C(=C\C=C2\C(=O)N(c3ccc([N+](=O)[O-])cc3)N=C2C(F)(F)F)C(C)(C)c2ccccc21. The molecule has 33 heavy (non-hydrogen) atoms. The highest BCUT2D eigenvalue weighted by Crippen LogP contribution is 2.46. The zero-order valence-electron chi connectivity index (χ0n) is 17.9. The van der Waals surface area contributed by atoms with Crippen molar-refractivity contribution in [2.45, 2.75) is 25.4 Å². The molecule has 170 valence electrons. The summed E-state index contributed by atoms with van der Waals surface area (Å²) in [4.78, 5) is 25.0. The number of allylic oxidation sites excluding steroid dienone is 3. The summed E-state index contributed by atoms with van der Waals surface area (Å²) >= 11 is 0. The maximum atomic E-state index is 13.7. The molecule has 4 rings (SSSR count). The third-order valence-electron chi connectivity index (χ3n) is 5.80. The molecule has 0 unspecified atom stereocenters. The number of halogens is 3. The van der Waals surface area contributed by atoms with Crippen LogP contribution in [0.2, 0.25) is 0 Å². The molecule has 7 nitrogen and oxygen atoms in total. The third kappa shape index (κ3) is 3.67. The number of rotatable bonds is 3. The lowest BCUT2D eigenvalue weighted by molar-refractivity contribution is -0.384. The van der Waals surface area contributed by atoms with Crippen LogP contribution in [0.1, 0.15) is 19.4 Å². The van der Waals surface area contributed by atoms with Gasteiger partial charge < -0.3 is 4.90 Å². The number of likely N-dealkylation sites (N-methyl/N-ethyl adjacent to an activating group) is 1. The summed E-state index contributed by atoms with van der Waals surface area (Å²) in [5.74, 6) is -0.969. The molecular formula is C23H19F3N4O3. The van der Waals surface area contributed by atoms with E-state index >= 15 is 0 Å². The van der Waals surface area contributed by atoms with Crippen molar-refractivity contribution in [2.75, 3.05) is 17.0 Å². The van der Waals surface area contributed by atoms with Crippen LogP contribution in [-0.4, -0.2) is 29.8 Å². The number of carbonyl (C=O) groups is 1. The van der Waals surface area contributed by atoms with Crippen LogP contribution in [0.4, 0.5) is 30.2 Å². The highest BCUT2D eigenvalue weighted by Gasteiger charge is 2.47. The predicted molar refractivity (Wildman–Crippen MR) is 118 cm³/mol. The van der Waals surface area contributed by atoms with E-state index in [0.717, 1.165) is 35.2 Å². The number of hydrazone groups is 1. The van der Waals surface area contributed by atoms with E-state index in [2.05, 4.69) is 5.10 Å². The number of nitro benzene ring substituents is 1. The molecule has 0 radical (unpaired) electrons. The Labute approximate surface area is 187 Å². The maximum Gasteiger partial charge on any atom is 0.435 e. The van der Waals surface area contributed by atoms with Gasteiger partial charge in [0.1, 0.15) is 0 Å².